The van der Waals surface area contributed by atoms with Gasteiger partial charge in [0.05, 0.1) is 12.2 Å². The van der Waals surface area contributed by atoms with Gasteiger partial charge >= 0.3 is 0 Å². The van der Waals surface area contributed by atoms with Gasteiger partial charge < -0.3 is 4.90 Å². The highest BCUT2D eigenvalue weighted by Crippen LogP contribution is 2.23. The number of hydrogen-bond acceptors (Lipinski definition) is 4. The summed E-state index contributed by atoms with van der Waals surface area (Å²) in [7, 11) is 2.16. The molecule has 0 bridgehead atoms. The zero-order valence-electron chi connectivity index (χ0n) is 14.5. The summed E-state index contributed by atoms with van der Waals surface area (Å²) in [4.78, 5) is 9.65. The average molecular weight is 348 g/mol. The number of aromatic nitrogens is 1. The molecular formula is C19H26FN3S. The second-order valence-electron chi connectivity index (χ2n) is 6.75. The minimum absolute atomic E-state index is 0.207. The Labute approximate surface area is 148 Å². The van der Waals surface area contributed by atoms with Crippen LogP contribution >= 0.6 is 11.3 Å². The fraction of sp³-hybridized carbons (Fsp3) is 0.526. The standard InChI is InChI=1S/C19H26FN3S/c1-15(23-10-3-4-11-23)9-12-22(2)13-19-21-18(14-24-19)16-5-7-17(20)8-6-16/h5-8,14-15H,3-4,9-13H2,1-2H3/t15-/m0/s1. The average Bonchev–Trinajstić information content (AvgIpc) is 3.25. The lowest BCUT2D eigenvalue weighted by Crippen LogP contribution is -2.33. The predicted octanol–water partition coefficient (Wildman–Crippen LogP) is 4.26. The van der Waals surface area contributed by atoms with E-state index in [1.807, 2.05) is 0 Å². The van der Waals surface area contributed by atoms with Crippen LogP contribution in [0.25, 0.3) is 11.3 Å². The monoisotopic (exact) mass is 347 g/mol. The Morgan fingerprint density at radius 1 is 1.25 bits per heavy atom. The van der Waals surface area contributed by atoms with E-state index in [4.69, 9.17) is 4.98 Å². The van der Waals surface area contributed by atoms with E-state index in [-0.39, 0.29) is 5.82 Å². The molecule has 5 heteroatoms. The first-order valence-corrected chi connectivity index (χ1v) is 9.63. The van der Waals surface area contributed by atoms with Gasteiger partial charge in [0.2, 0.25) is 0 Å². The molecule has 0 saturated carbocycles. The van der Waals surface area contributed by atoms with Crippen LogP contribution in [0.4, 0.5) is 4.39 Å². The largest absolute Gasteiger partial charge is 0.301 e. The Hall–Kier alpha value is -1.30. The van der Waals surface area contributed by atoms with Crippen molar-refractivity contribution >= 4 is 11.3 Å². The number of rotatable bonds is 7. The maximum Gasteiger partial charge on any atom is 0.123 e. The zero-order valence-corrected chi connectivity index (χ0v) is 15.4. The molecule has 0 N–H and O–H groups in total. The Balaban J connectivity index is 1.49. The number of nitrogens with zero attached hydrogens (tertiary/aromatic N) is 3. The first-order valence-electron chi connectivity index (χ1n) is 8.75. The summed E-state index contributed by atoms with van der Waals surface area (Å²) in [5, 5.41) is 3.18. The van der Waals surface area contributed by atoms with Crippen molar-refractivity contribution in [2.75, 3.05) is 26.7 Å². The summed E-state index contributed by atoms with van der Waals surface area (Å²) < 4.78 is 13.0. The van der Waals surface area contributed by atoms with Crippen LogP contribution in [-0.4, -0.2) is 47.5 Å². The van der Waals surface area contributed by atoms with E-state index in [2.05, 4.69) is 29.2 Å². The van der Waals surface area contributed by atoms with Crippen molar-refractivity contribution in [3.8, 4) is 11.3 Å². The lowest BCUT2D eigenvalue weighted by molar-refractivity contribution is 0.215. The highest BCUT2D eigenvalue weighted by atomic mass is 32.1. The molecule has 1 saturated heterocycles. The van der Waals surface area contributed by atoms with E-state index in [1.54, 1.807) is 23.5 Å². The van der Waals surface area contributed by atoms with Gasteiger partial charge in [-0.1, -0.05) is 0 Å². The summed E-state index contributed by atoms with van der Waals surface area (Å²) in [5.41, 5.74) is 1.91. The summed E-state index contributed by atoms with van der Waals surface area (Å²) >= 11 is 1.68. The number of thiazole rings is 1. The Kier molecular flexibility index (Phi) is 5.98. The highest BCUT2D eigenvalue weighted by molar-refractivity contribution is 7.09. The van der Waals surface area contributed by atoms with Crippen molar-refractivity contribution in [1.29, 1.82) is 0 Å². The molecule has 2 aromatic rings. The van der Waals surface area contributed by atoms with Crippen molar-refractivity contribution in [3.63, 3.8) is 0 Å². The van der Waals surface area contributed by atoms with Gasteiger partial charge in [0.1, 0.15) is 10.8 Å². The van der Waals surface area contributed by atoms with Crippen LogP contribution in [0.5, 0.6) is 0 Å². The number of likely N-dealkylation sites (tertiary alicyclic amines) is 1. The molecule has 1 fully saturated rings. The third-order valence-corrected chi connectivity index (χ3v) is 5.62. The Morgan fingerprint density at radius 3 is 2.67 bits per heavy atom. The fourth-order valence-corrected chi connectivity index (χ4v) is 4.10. The van der Waals surface area contributed by atoms with Crippen molar-refractivity contribution in [2.45, 2.75) is 38.8 Å². The summed E-state index contributed by atoms with van der Waals surface area (Å²) in [6, 6.07) is 7.21. The molecule has 130 valence electrons. The van der Waals surface area contributed by atoms with Crippen LogP contribution in [0.15, 0.2) is 29.6 Å². The Bertz CT molecular complexity index is 634. The molecule has 24 heavy (non-hydrogen) atoms. The molecule has 1 aliphatic rings. The lowest BCUT2D eigenvalue weighted by Gasteiger charge is -2.25. The van der Waals surface area contributed by atoms with Gasteiger partial charge in [0, 0.05) is 17.0 Å². The topological polar surface area (TPSA) is 19.4 Å². The van der Waals surface area contributed by atoms with Crippen LogP contribution in [-0.2, 0) is 6.54 Å². The first-order chi connectivity index (χ1) is 11.6. The van der Waals surface area contributed by atoms with Crippen molar-refractivity contribution < 1.29 is 4.39 Å². The van der Waals surface area contributed by atoms with Gasteiger partial charge in [-0.05, 0) is 77.1 Å². The second kappa shape index (κ2) is 8.19. The van der Waals surface area contributed by atoms with E-state index in [0.29, 0.717) is 6.04 Å². The minimum atomic E-state index is -0.207. The number of hydrogen-bond donors (Lipinski definition) is 0. The molecule has 1 aromatic carbocycles. The highest BCUT2D eigenvalue weighted by Gasteiger charge is 2.18. The molecule has 1 aromatic heterocycles. The zero-order chi connectivity index (χ0) is 16.9. The molecule has 1 aliphatic heterocycles. The predicted molar refractivity (Wildman–Crippen MR) is 98.7 cm³/mol. The molecule has 3 rings (SSSR count). The van der Waals surface area contributed by atoms with Gasteiger partial charge in [-0.15, -0.1) is 11.3 Å². The second-order valence-corrected chi connectivity index (χ2v) is 7.69. The third-order valence-electron chi connectivity index (χ3n) is 4.79. The van der Waals surface area contributed by atoms with E-state index in [9.17, 15) is 4.39 Å². The van der Waals surface area contributed by atoms with E-state index in [1.165, 1.54) is 44.5 Å². The molecule has 0 radical (unpaired) electrons. The number of halogens is 1. The SMILES string of the molecule is C[C@@H](CCN(C)Cc1nc(-c2ccc(F)cc2)cs1)N1CCCC1. The molecular weight excluding hydrogens is 321 g/mol. The van der Waals surface area contributed by atoms with Gasteiger partial charge in [-0.25, -0.2) is 9.37 Å². The van der Waals surface area contributed by atoms with Crippen LogP contribution in [0.3, 0.4) is 0 Å². The summed E-state index contributed by atoms with van der Waals surface area (Å²) in [5.74, 6) is -0.207. The Morgan fingerprint density at radius 2 is 1.96 bits per heavy atom. The van der Waals surface area contributed by atoms with Gasteiger partial charge in [0.25, 0.3) is 0 Å². The van der Waals surface area contributed by atoms with Crippen LogP contribution in [0, 0.1) is 5.82 Å². The molecule has 0 aliphatic carbocycles. The van der Waals surface area contributed by atoms with Crippen molar-refractivity contribution in [2.24, 2.45) is 0 Å². The van der Waals surface area contributed by atoms with Gasteiger partial charge in [0.15, 0.2) is 0 Å². The van der Waals surface area contributed by atoms with Crippen molar-refractivity contribution in [3.05, 3.63) is 40.5 Å². The van der Waals surface area contributed by atoms with Crippen LogP contribution in [0.1, 0.15) is 31.2 Å². The third kappa shape index (κ3) is 4.62. The molecule has 0 amide bonds. The quantitative estimate of drug-likeness (QED) is 0.746. The summed E-state index contributed by atoms with van der Waals surface area (Å²) in [6.45, 7) is 6.83. The molecule has 1 atom stereocenters. The first kappa shape index (κ1) is 17.5. The van der Waals surface area contributed by atoms with Gasteiger partial charge in [-0.2, -0.15) is 0 Å². The van der Waals surface area contributed by atoms with Crippen molar-refractivity contribution in [1.82, 2.24) is 14.8 Å². The smallest absolute Gasteiger partial charge is 0.123 e. The molecule has 2 heterocycles. The van der Waals surface area contributed by atoms with Crippen LogP contribution < -0.4 is 0 Å². The van der Waals surface area contributed by atoms with E-state index < -0.39 is 0 Å². The van der Waals surface area contributed by atoms with Gasteiger partial charge in [-0.3, -0.25) is 4.90 Å². The minimum Gasteiger partial charge on any atom is -0.301 e. The lowest BCUT2D eigenvalue weighted by atomic mass is 10.2. The van der Waals surface area contributed by atoms with E-state index in [0.717, 1.165) is 29.4 Å². The summed E-state index contributed by atoms with van der Waals surface area (Å²) in [6.07, 6.45) is 3.91. The number of benzene rings is 1. The van der Waals surface area contributed by atoms with E-state index >= 15 is 0 Å². The molecule has 0 spiro atoms. The maximum atomic E-state index is 13.0. The maximum absolute atomic E-state index is 13.0. The molecule has 0 unspecified atom stereocenters. The normalized spacial score (nSPS) is 16.8. The van der Waals surface area contributed by atoms with Crippen LogP contribution in [0.2, 0.25) is 0 Å². The molecule has 3 nitrogen and oxygen atoms in total. The fourth-order valence-electron chi connectivity index (χ4n) is 3.22.